The van der Waals surface area contributed by atoms with Gasteiger partial charge in [0.2, 0.25) is 5.91 Å². The average molecular weight is 346 g/mol. The second-order valence-corrected chi connectivity index (χ2v) is 7.48. The molecular weight excluding hydrogens is 324 g/mol. The fraction of sp³-hybridized carbons (Fsp3) is 0.364. The maximum atomic E-state index is 13.3. The molecule has 5 rings (SSSR count). The number of carbonyl (C=O) groups is 2. The van der Waals surface area contributed by atoms with Crippen molar-refractivity contribution in [3.63, 3.8) is 0 Å². The summed E-state index contributed by atoms with van der Waals surface area (Å²) in [5, 5.41) is 0. The van der Waals surface area contributed by atoms with Gasteiger partial charge in [0.05, 0.1) is 5.69 Å². The molecule has 3 heterocycles. The minimum absolute atomic E-state index is 0.0882. The van der Waals surface area contributed by atoms with Crippen LogP contribution in [0.1, 0.15) is 46.3 Å². The van der Waals surface area contributed by atoms with Gasteiger partial charge in [-0.1, -0.05) is 18.2 Å². The Balaban J connectivity index is 1.56. The highest BCUT2D eigenvalue weighted by Gasteiger charge is 2.31. The summed E-state index contributed by atoms with van der Waals surface area (Å²) in [7, 11) is 0. The minimum Gasteiger partial charge on any atom is -0.312 e. The molecule has 0 spiro atoms. The predicted octanol–water partition coefficient (Wildman–Crippen LogP) is 3.51. The Hall–Kier alpha value is -2.62. The molecule has 26 heavy (non-hydrogen) atoms. The van der Waals surface area contributed by atoms with Gasteiger partial charge in [-0.15, -0.1) is 0 Å². The summed E-state index contributed by atoms with van der Waals surface area (Å²) in [4.78, 5) is 29.4. The van der Waals surface area contributed by atoms with E-state index in [-0.39, 0.29) is 11.8 Å². The fourth-order valence-electron chi connectivity index (χ4n) is 4.68. The number of fused-ring (bicyclic) bond motifs is 1. The summed E-state index contributed by atoms with van der Waals surface area (Å²) in [6.45, 7) is 1.58. The van der Waals surface area contributed by atoms with Crippen LogP contribution in [0.3, 0.4) is 0 Å². The third kappa shape index (κ3) is 2.36. The van der Waals surface area contributed by atoms with Crippen LogP contribution in [0.4, 0.5) is 11.4 Å². The Morgan fingerprint density at radius 3 is 2.46 bits per heavy atom. The summed E-state index contributed by atoms with van der Waals surface area (Å²) in [5.74, 6) is 0.313. The SMILES string of the molecule is O=C(c1cc2c3c(c1)CCC(=O)N3CCC2)N1CCCc2ccccc21. The maximum Gasteiger partial charge on any atom is 0.258 e. The highest BCUT2D eigenvalue weighted by Crippen LogP contribution is 2.37. The molecule has 0 radical (unpaired) electrons. The summed E-state index contributed by atoms with van der Waals surface area (Å²) in [6.07, 6.45) is 5.26. The number of rotatable bonds is 1. The lowest BCUT2D eigenvalue weighted by Crippen LogP contribution is -2.40. The van der Waals surface area contributed by atoms with Gasteiger partial charge in [-0.3, -0.25) is 9.59 Å². The number of hydrogen-bond donors (Lipinski definition) is 0. The van der Waals surface area contributed by atoms with E-state index in [1.165, 1.54) is 5.56 Å². The van der Waals surface area contributed by atoms with Crippen LogP contribution in [0.15, 0.2) is 36.4 Å². The Morgan fingerprint density at radius 1 is 0.846 bits per heavy atom. The van der Waals surface area contributed by atoms with Gasteiger partial charge in [-0.2, -0.15) is 0 Å². The quantitative estimate of drug-likeness (QED) is 0.793. The van der Waals surface area contributed by atoms with Gasteiger partial charge in [0, 0.05) is 30.8 Å². The summed E-state index contributed by atoms with van der Waals surface area (Å²) in [6, 6.07) is 12.3. The molecule has 0 N–H and O–H groups in total. The van der Waals surface area contributed by atoms with Crippen molar-refractivity contribution < 1.29 is 9.59 Å². The normalized spacial score (nSPS) is 18.4. The number of amides is 2. The summed E-state index contributed by atoms with van der Waals surface area (Å²) < 4.78 is 0. The van der Waals surface area contributed by atoms with Crippen molar-refractivity contribution in [1.82, 2.24) is 0 Å². The minimum atomic E-state index is 0.0882. The Kier molecular flexibility index (Phi) is 3.59. The molecule has 0 bridgehead atoms. The molecule has 132 valence electrons. The largest absolute Gasteiger partial charge is 0.312 e. The van der Waals surface area contributed by atoms with E-state index in [0.717, 1.165) is 73.3 Å². The number of anilines is 2. The van der Waals surface area contributed by atoms with Crippen LogP contribution >= 0.6 is 0 Å². The van der Waals surface area contributed by atoms with Crippen LogP contribution in [0.25, 0.3) is 0 Å². The number of carbonyl (C=O) groups excluding carboxylic acids is 2. The summed E-state index contributed by atoms with van der Waals surface area (Å²) in [5.41, 5.74) is 6.48. The summed E-state index contributed by atoms with van der Waals surface area (Å²) >= 11 is 0. The van der Waals surface area contributed by atoms with E-state index in [1.54, 1.807) is 0 Å². The van der Waals surface area contributed by atoms with Crippen molar-refractivity contribution in [3.05, 3.63) is 58.7 Å². The predicted molar refractivity (Wildman–Crippen MR) is 102 cm³/mol. The Morgan fingerprint density at radius 2 is 1.58 bits per heavy atom. The van der Waals surface area contributed by atoms with E-state index in [9.17, 15) is 9.59 Å². The van der Waals surface area contributed by atoms with Crippen LogP contribution in [-0.2, 0) is 24.1 Å². The smallest absolute Gasteiger partial charge is 0.258 e. The molecule has 2 aromatic carbocycles. The number of hydrogen-bond acceptors (Lipinski definition) is 2. The molecule has 0 aliphatic carbocycles. The average Bonchev–Trinajstić information content (AvgIpc) is 2.69. The molecular formula is C22H22N2O2. The molecule has 0 saturated heterocycles. The van der Waals surface area contributed by atoms with Crippen molar-refractivity contribution in [2.24, 2.45) is 0 Å². The van der Waals surface area contributed by atoms with E-state index < -0.39 is 0 Å². The monoisotopic (exact) mass is 346 g/mol. The first-order chi connectivity index (χ1) is 12.7. The van der Waals surface area contributed by atoms with Crippen molar-refractivity contribution in [1.29, 1.82) is 0 Å². The second kappa shape index (κ2) is 5.97. The van der Waals surface area contributed by atoms with Crippen molar-refractivity contribution in [2.75, 3.05) is 22.9 Å². The van der Waals surface area contributed by atoms with E-state index >= 15 is 0 Å². The number of aryl methyl sites for hydroxylation is 3. The van der Waals surface area contributed by atoms with E-state index in [4.69, 9.17) is 0 Å². The molecule has 4 nitrogen and oxygen atoms in total. The zero-order chi connectivity index (χ0) is 17.7. The van der Waals surface area contributed by atoms with Gasteiger partial charge in [-0.05, 0) is 67.0 Å². The molecule has 2 amide bonds. The van der Waals surface area contributed by atoms with Crippen LogP contribution in [-0.4, -0.2) is 24.9 Å². The number of para-hydroxylation sites is 1. The lowest BCUT2D eigenvalue weighted by Gasteiger charge is -2.36. The van der Waals surface area contributed by atoms with Crippen molar-refractivity contribution in [3.8, 4) is 0 Å². The first kappa shape index (κ1) is 15.6. The van der Waals surface area contributed by atoms with E-state index in [0.29, 0.717) is 6.42 Å². The zero-order valence-corrected chi connectivity index (χ0v) is 14.8. The molecule has 0 unspecified atom stereocenters. The molecule has 3 aliphatic rings. The standard InChI is InChI=1S/C22H22N2O2/c25-20-10-9-17-14-18(13-16-7-4-12-24(20)21(16)17)22(26)23-11-3-6-15-5-1-2-8-19(15)23/h1-2,5,8,13-14H,3-4,6-7,9-12H2. The first-order valence-corrected chi connectivity index (χ1v) is 9.58. The fourth-order valence-corrected chi connectivity index (χ4v) is 4.68. The van der Waals surface area contributed by atoms with E-state index in [1.807, 2.05) is 34.1 Å². The molecule has 0 fully saturated rings. The highest BCUT2D eigenvalue weighted by molar-refractivity contribution is 6.08. The molecule has 0 aromatic heterocycles. The van der Waals surface area contributed by atoms with Crippen LogP contribution in [0.2, 0.25) is 0 Å². The molecule has 2 aromatic rings. The van der Waals surface area contributed by atoms with Gasteiger partial charge >= 0.3 is 0 Å². The van der Waals surface area contributed by atoms with Crippen molar-refractivity contribution in [2.45, 2.75) is 38.5 Å². The zero-order valence-electron chi connectivity index (χ0n) is 14.8. The lowest BCUT2D eigenvalue weighted by molar-refractivity contribution is -0.119. The Labute approximate surface area is 153 Å². The van der Waals surface area contributed by atoms with E-state index in [2.05, 4.69) is 12.1 Å². The van der Waals surface area contributed by atoms with Gasteiger partial charge in [-0.25, -0.2) is 0 Å². The topological polar surface area (TPSA) is 40.6 Å². The van der Waals surface area contributed by atoms with Crippen LogP contribution in [0, 0.1) is 0 Å². The number of nitrogens with zero attached hydrogens (tertiary/aromatic N) is 2. The Bertz CT molecular complexity index is 901. The van der Waals surface area contributed by atoms with Crippen molar-refractivity contribution >= 4 is 23.2 Å². The van der Waals surface area contributed by atoms with Gasteiger partial charge in [0.25, 0.3) is 5.91 Å². The van der Waals surface area contributed by atoms with Gasteiger partial charge in [0.15, 0.2) is 0 Å². The molecule has 0 atom stereocenters. The molecule has 3 aliphatic heterocycles. The third-order valence-electron chi connectivity index (χ3n) is 5.88. The van der Waals surface area contributed by atoms with Gasteiger partial charge < -0.3 is 9.80 Å². The first-order valence-electron chi connectivity index (χ1n) is 9.58. The molecule has 4 heteroatoms. The van der Waals surface area contributed by atoms with Crippen LogP contribution in [0.5, 0.6) is 0 Å². The molecule has 0 saturated carbocycles. The second-order valence-electron chi connectivity index (χ2n) is 7.48. The van der Waals surface area contributed by atoms with Crippen LogP contribution < -0.4 is 9.80 Å². The maximum absolute atomic E-state index is 13.3. The lowest BCUT2D eigenvalue weighted by atomic mass is 9.89. The third-order valence-corrected chi connectivity index (χ3v) is 5.88. The van der Waals surface area contributed by atoms with Gasteiger partial charge in [0.1, 0.15) is 0 Å². The number of benzene rings is 2. The highest BCUT2D eigenvalue weighted by atomic mass is 16.2.